The number of hydrogen-bond donors (Lipinski definition) is 4. The van der Waals surface area contributed by atoms with E-state index in [2.05, 4.69) is 31.8 Å². The lowest BCUT2D eigenvalue weighted by Crippen LogP contribution is -2.20. The van der Waals surface area contributed by atoms with Gasteiger partial charge in [0.15, 0.2) is 11.2 Å². The van der Waals surface area contributed by atoms with Crippen LogP contribution in [0.25, 0.3) is 11.2 Å². The number of rotatable bonds is 4. The van der Waals surface area contributed by atoms with Gasteiger partial charge in [-0.05, 0) is 0 Å². The van der Waals surface area contributed by atoms with E-state index in [1.165, 1.54) is 12.4 Å². The Balaban J connectivity index is 2.25. The van der Waals surface area contributed by atoms with Gasteiger partial charge in [-0.25, -0.2) is 4.98 Å². The summed E-state index contributed by atoms with van der Waals surface area (Å²) in [5.41, 5.74) is 0.354. The van der Waals surface area contributed by atoms with E-state index in [1.54, 1.807) is 0 Å². The quantitative estimate of drug-likeness (QED) is 0.526. The van der Waals surface area contributed by atoms with Gasteiger partial charge in [-0.1, -0.05) is 6.08 Å². The fourth-order valence-corrected chi connectivity index (χ4v) is 1.21. The first-order chi connectivity index (χ1) is 7.70. The molecule has 0 aromatic carbocycles. The highest BCUT2D eigenvalue weighted by molar-refractivity contribution is 5.69. The third-order valence-corrected chi connectivity index (χ3v) is 2.05. The Labute approximate surface area is 90.3 Å². The molecule has 7 nitrogen and oxygen atoms in total. The van der Waals surface area contributed by atoms with Crippen molar-refractivity contribution in [2.45, 2.75) is 6.10 Å². The molecule has 84 valence electrons. The van der Waals surface area contributed by atoms with E-state index in [0.29, 0.717) is 11.2 Å². The summed E-state index contributed by atoms with van der Waals surface area (Å²) in [6.07, 6.45) is 2.09. The lowest BCUT2D eigenvalue weighted by Gasteiger charge is -2.07. The van der Waals surface area contributed by atoms with E-state index in [4.69, 9.17) is 0 Å². The Kier molecular flexibility index (Phi) is 2.69. The van der Waals surface area contributed by atoms with Crippen LogP contribution in [0, 0.1) is 0 Å². The number of H-pyrrole nitrogens is 2. The van der Waals surface area contributed by atoms with Crippen molar-refractivity contribution in [2.24, 2.45) is 0 Å². The van der Waals surface area contributed by atoms with Crippen LogP contribution in [0.4, 0.5) is 5.95 Å². The zero-order chi connectivity index (χ0) is 11.5. The number of aliphatic hydroxyl groups is 1. The molecular formula is C9H11N5O2. The van der Waals surface area contributed by atoms with E-state index in [9.17, 15) is 9.90 Å². The third-order valence-electron chi connectivity index (χ3n) is 2.05. The number of nitrogens with zero attached hydrogens (tertiary/aromatic N) is 2. The number of aromatic amines is 2. The van der Waals surface area contributed by atoms with Crippen molar-refractivity contribution in [3.8, 4) is 0 Å². The van der Waals surface area contributed by atoms with Gasteiger partial charge in [0.25, 0.3) is 5.56 Å². The molecule has 16 heavy (non-hydrogen) atoms. The van der Waals surface area contributed by atoms with Gasteiger partial charge in [-0.3, -0.25) is 9.78 Å². The predicted molar refractivity (Wildman–Crippen MR) is 59.2 cm³/mol. The van der Waals surface area contributed by atoms with Crippen molar-refractivity contribution in [3.05, 3.63) is 29.3 Å². The molecule has 0 bridgehead atoms. The monoisotopic (exact) mass is 221 g/mol. The standard InChI is InChI=1S/C9H11N5O2/c1-2-5(15)3-10-9-13-7-6(8(16)14-9)11-4-12-7/h2,4-5,15H,1,3H2,(H3,10,11,12,13,14,16). The molecule has 2 rings (SSSR count). The minimum Gasteiger partial charge on any atom is -0.387 e. The lowest BCUT2D eigenvalue weighted by molar-refractivity contribution is 0.236. The fraction of sp³-hybridized carbons (Fsp3) is 0.222. The average molecular weight is 221 g/mol. The van der Waals surface area contributed by atoms with Gasteiger partial charge in [0.1, 0.15) is 0 Å². The highest BCUT2D eigenvalue weighted by Gasteiger charge is 2.06. The summed E-state index contributed by atoms with van der Waals surface area (Å²) >= 11 is 0. The Bertz CT molecular complexity index is 558. The van der Waals surface area contributed by atoms with Crippen molar-refractivity contribution < 1.29 is 5.11 Å². The number of imidazole rings is 1. The highest BCUT2D eigenvalue weighted by Crippen LogP contribution is 2.02. The van der Waals surface area contributed by atoms with Crippen LogP contribution in [-0.4, -0.2) is 37.7 Å². The van der Waals surface area contributed by atoms with Crippen molar-refractivity contribution in [2.75, 3.05) is 11.9 Å². The van der Waals surface area contributed by atoms with E-state index >= 15 is 0 Å². The van der Waals surface area contributed by atoms with Crippen molar-refractivity contribution in [1.82, 2.24) is 19.9 Å². The van der Waals surface area contributed by atoms with Crippen LogP contribution in [0.2, 0.25) is 0 Å². The van der Waals surface area contributed by atoms with Gasteiger partial charge in [0, 0.05) is 6.54 Å². The second-order valence-corrected chi connectivity index (χ2v) is 3.20. The zero-order valence-electron chi connectivity index (χ0n) is 8.40. The second-order valence-electron chi connectivity index (χ2n) is 3.20. The molecule has 0 radical (unpaired) electrons. The maximum atomic E-state index is 11.5. The molecule has 1 atom stereocenters. The first-order valence-corrected chi connectivity index (χ1v) is 4.68. The van der Waals surface area contributed by atoms with E-state index < -0.39 is 6.10 Å². The molecule has 0 aliphatic heterocycles. The Morgan fingerprint density at radius 2 is 2.50 bits per heavy atom. The summed E-state index contributed by atoms with van der Waals surface area (Å²) in [5.74, 6) is 0.269. The number of hydrogen-bond acceptors (Lipinski definition) is 5. The van der Waals surface area contributed by atoms with E-state index in [1.807, 2.05) is 0 Å². The van der Waals surface area contributed by atoms with Crippen LogP contribution in [0.5, 0.6) is 0 Å². The van der Waals surface area contributed by atoms with Gasteiger partial charge in [-0.15, -0.1) is 6.58 Å². The molecule has 4 N–H and O–H groups in total. The Morgan fingerprint density at radius 3 is 3.25 bits per heavy atom. The average Bonchev–Trinajstić information content (AvgIpc) is 2.74. The molecule has 7 heteroatoms. The summed E-state index contributed by atoms with van der Waals surface area (Å²) < 4.78 is 0. The van der Waals surface area contributed by atoms with Gasteiger partial charge in [0.2, 0.25) is 5.95 Å². The lowest BCUT2D eigenvalue weighted by atomic mass is 10.3. The maximum Gasteiger partial charge on any atom is 0.278 e. The highest BCUT2D eigenvalue weighted by atomic mass is 16.3. The van der Waals surface area contributed by atoms with Crippen LogP contribution in [-0.2, 0) is 0 Å². The van der Waals surface area contributed by atoms with Crippen LogP contribution in [0.1, 0.15) is 0 Å². The molecule has 0 aliphatic carbocycles. The Morgan fingerprint density at radius 1 is 1.69 bits per heavy atom. The number of anilines is 1. The number of aromatic nitrogens is 4. The van der Waals surface area contributed by atoms with Gasteiger partial charge >= 0.3 is 0 Å². The first-order valence-electron chi connectivity index (χ1n) is 4.68. The summed E-state index contributed by atoms with van der Waals surface area (Å²) in [5, 5.41) is 12.0. The molecule has 0 aliphatic rings. The molecule has 1 unspecified atom stereocenters. The minimum absolute atomic E-state index is 0.225. The van der Waals surface area contributed by atoms with Crippen LogP contribution in [0.3, 0.4) is 0 Å². The SMILES string of the molecule is C=CC(O)CNc1nc2nc[nH]c2c(=O)[nH]1. The van der Waals surface area contributed by atoms with E-state index in [0.717, 1.165) is 0 Å². The molecule has 0 spiro atoms. The summed E-state index contributed by atoms with van der Waals surface area (Å²) in [6.45, 7) is 3.66. The molecule has 2 aromatic heterocycles. The summed E-state index contributed by atoms with van der Waals surface area (Å²) in [6, 6.07) is 0. The van der Waals surface area contributed by atoms with E-state index in [-0.39, 0.29) is 18.1 Å². The van der Waals surface area contributed by atoms with Crippen molar-refractivity contribution in [3.63, 3.8) is 0 Å². The topological polar surface area (TPSA) is 107 Å². The number of fused-ring (bicyclic) bond motifs is 1. The summed E-state index contributed by atoms with van der Waals surface area (Å²) in [4.78, 5) is 24.6. The fourth-order valence-electron chi connectivity index (χ4n) is 1.21. The molecule has 2 aromatic rings. The predicted octanol–water partition coefficient (Wildman–Crippen LogP) is -0.395. The summed E-state index contributed by atoms with van der Waals surface area (Å²) in [7, 11) is 0. The zero-order valence-corrected chi connectivity index (χ0v) is 8.40. The van der Waals surface area contributed by atoms with Crippen LogP contribution >= 0.6 is 0 Å². The van der Waals surface area contributed by atoms with Gasteiger partial charge in [0.05, 0.1) is 12.4 Å². The first kappa shape index (κ1) is 10.4. The molecular weight excluding hydrogens is 210 g/mol. The molecule has 0 saturated heterocycles. The number of aliphatic hydroxyl groups excluding tert-OH is 1. The smallest absolute Gasteiger partial charge is 0.278 e. The van der Waals surface area contributed by atoms with Crippen molar-refractivity contribution >= 4 is 17.1 Å². The normalized spacial score (nSPS) is 12.6. The maximum absolute atomic E-state index is 11.5. The minimum atomic E-state index is -0.694. The van der Waals surface area contributed by atoms with Crippen LogP contribution < -0.4 is 10.9 Å². The van der Waals surface area contributed by atoms with Gasteiger partial charge < -0.3 is 15.4 Å². The van der Waals surface area contributed by atoms with Gasteiger partial charge in [-0.2, -0.15) is 4.98 Å². The molecule has 0 fully saturated rings. The molecule has 0 saturated carbocycles. The second kappa shape index (κ2) is 4.15. The molecule has 0 amide bonds. The van der Waals surface area contributed by atoms with Crippen LogP contribution in [0.15, 0.2) is 23.8 Å². The molecule has 2 heterocycles. The van der Waals surface area contributed by atoms with Crippen molar-refractivity contribution in [1.29, 1.82) is 0 Å². The largest absolute Gasteiger partial charge is 0.387 e. The third kappa shape index (κ3) is 1.94. The Hall–Kier alpha value is -2.15. The number of nitrogens with one attached hydrogen (secondary N) is 3.